The average Bonchev–Trinajstić information content (AvgIpc) is 3.06. The summed E-state index contributed by atoms with van der Waals surface area (Å²) in [6.45, 7) is 14.8. The van der Waals surface area contributed by atoms with E-state index in [4.69, 9.17) is 9.47 Å². The van der Waals surface area contributed by atoms with Gasteiger partial charge in [0, 0.05) is 22.9 Å². The molecule has 0 aliphatic rings. The quantitative estimate of drug-likeness (QED) is 0.354. The maximum absolute atomic E-state index is 13.1. The summed E-state index contributed by atoms with van der Waals surface area (Å²) in [6, 6.07) is 9.61. The number of esters is 1. The molecule has 3 rings (SSSR count). The fourth-order valence-corrected chi connectivity index (χ4v) is 4.16. The molecule has 2 heterocycles. The van der Waals surface area contributed by atoms with Crippen molar-refractivity contribution in [2.45, 2.75) is 59.3 Å². The van der Waals surface area contributed by atoms with Crippen LogP contribution in [0.2, 0.25) is 0 Å². The van der Waals surface area contributed by atoms with Gasteiger partial charge in [-0.1, -0.05) is 47.6 Å². The molecule has 0 amide bonds. The highest BCUT2D eigenvalue weighted by Gasteiger charge is 2.31. The largest absolute Gasteiger partial charge is 0.496 e. The zero-order chi connectivity index (χ0) is 23.8. The van der Waals surface area contributed by atoms with Crippen LogP contribution in [0.5, 0.6) is 5.75 Å². The van der Waals surface area contributed by atoms with E-state index in [0.717, 1.165) is 28.7 Å². The minimum absolute atomic E-state index is 0.216. The summed E-state index contributed by atoms with van der Waals surface area (Å²) in [7, 11) is 1.69. The number of ether oxygens (including phenoxy) is 2. The highest BCUT2D eigenvalue weighted by molar-refractivity contribution is 6.09. The summed E-state index contributed by atoms with van der Waals surface area (Å²) in [5.41, 5.74) is 4.46. The van der Waals surface area contributed by atoms with Gasteiger partial charge in [0.2, 0.25) is 0 Å². The van der Waals surface area contributed by atoms with Crippen LogP contribution in [0.15, 0.2) is 36.5 Å². The minimum Gasteiger partial charge on any atom is -0.496 e. The summed E-state index contributed by atoms with van der Waals surface area (Å²) in [5.74, 6) is 0.396. The fourth-order valence-electron chi connectivity index (χ4n) is 4.16. The van der Waals surface area contributed by atoms with Crippen LogP contribution in [0.1, 0.15) is 80.4 Å². The number of benzene rings is 1. The fraction of sp³-hybridized carbons (Fsp3) is 0.407. The lowest BCUT2D eigenvalue weighted by Crippen LogP contribution is -2.19. The predicted octanol–water partition coefficient (Wildman–Crippen LogP) is 6.20. The molecule has 0 spiro atoms. The summed E-state index contributed by atoms with van der Waals surface area (Å²) in [6.07, 6.45) is 2.60. The molecule has 0 bridgehead atoms. The Morgan fingerprint density at radius 3 is 2.09 bits per heavy atom. The van der Waals surface area contributed by atoms with Gasteiger partial charge >= 0.3 is 5.97 Å². The molecule has 0 N–H and O–H groups in total. The van der Waals surface area contributed by atoms with Crippen molar-refractivity contribution >= 4 is 17.8 Å². The Labute approximate surface area is 190 Å². The zero-order valence-electron chi connectivity index (χ0n) is 20.3. The van der Waals surface area contributed by atoms with Crippen molar-refractivity contribution in [3.8, 4) is 16.9 Å². The Balaban J connectivity index is 2.52. The van der Waals surface area contributed by atoms with Crippen molar-refractivity contribution in [2.75, 3.05) is 13.7 Å². The van der Waals surface area contributed by atoms with Gasteiger partial charge in [0.25, 0.3) is 0 Å². The molecule has 0 aliphatic carbocycles. The number of carbonyl (C=O) groups excluding carboxylic acids is 2. The van der Waals surface area contributed by atoms with Gasteiger partial charge in [0.15, 0.2) is 6.29 Å². The number of hydrogen-bond donors (Lipinski definition) is 0. The SMILES string of the molecule is CCOC(=O)c1c(-c2cc(C(C)(C)C)c(OC)c(C(C)(C)C)c2)c(C=O)n2ccccc12. The lowest BCUT2D eigenvalue weighted by molar-refractivity contribution is 0.0529. The van der Waals surface area contributed by atoms with Crippen LogP contribution in [0.4, 0.5) is 0 Å². The molecule has 1 aromatic carbocycles. The number of fused-ring (bicyclic) bond motifs is 1. The molecule has 170 valence electrons. The van der Waals surface area contributed by atoms with Crippen LogP contribution in [-0.4, -0.2) is 30.4 Å². The number of rotatable bonds is 5. The number of methoxy groups -OCH3 is 1. The van der Waals surface area contributed by atoms with E-state index < -0.39 is 5.97 Å². The molecule has 5 heteroatoms. The van der Waals surface area contributed by atoms with Crippen LogP contribution >= 0.6 is 0 Å². The zero-order valence-corrected chi connectivity index (χ0v) is 20.3. The number of aromatic nitrogens is 1. The number of pyridine rings is 1. The third-order valence-electron chi connectivity index (χ3n) is 5.67. The molecular formula is C27H33NO4. The van der Waals surface area contributed by atoms with Gasteiger partial charge in [-0.3, -0.25) is 4.79 Å². The number of aldehydes is 1. The Kier molecular flexibility index (Phi) is 6.23. The number of hydrogen-bond acceptors (Lipinski definition) is 4. The molecule has 0 unspecified atom stereocenters. The normalized spacial score (nSPS) is 12.1. The van der Waals surface area contributed by atoms with Crippen molar-refractivity contribution in [1.29, 1.82) is 0 Å². The molecule has 2 aromatic heterocycles. The van der Waals surface area contributed by atoms with Gasteiger partial charge in [0.1, 0.15) is 5.75 Å². The molecule has 5 nitrogen and oxygen atoms in total. The maximum atomic E-state index is 13.1. The van der Waals surface area contributed by atoms with Gasteiger partial charge in [-0.15, -0.1) is 0 Å². The van der Waals surface area contributed by atoms with Crippen molar-refractivity contribution in [3.05, 3.63) is 58.9 Å². The third-order valence-corrected chi connectivity index (χ3v) is 5.67. The van der Waals surface area contributed by atoms with Gasteiger partial charge in [-0.2, -0.15) is 0 Å². The van der Waals surface area contributed by atoms with E-state index >= 15 is 0 Å². The van der Waals surface area contributed by atoms with Crippen molar-refractivity contribution < 1.29 is 19.1 Å². The van der Waals surface area contributed by atoms with Gasteiger partial charge in [-0.05, 0) is 47.6 Å². The Morgan fingerprint density at radius 2 is 1.62 bits per heavy atom. The first-order chi connectivity index (χ1) is 15.0. The number of nitrogens with zero attached hydrogens (tertiary/aromatic N) is 1. The predicted molar refractivity (Wildman–Crippen MR) is 128 cm³/mol. The van der Waals surface area contributed by atoms with E-state index in [-0.39, 0.29) is 17.4 Å². The second-order valence-corrected chi connectivity index (χ2v) is 10.0. The van der Waals surface area contributed by atoms with Crippen LogP contribution in [0.25, 0.3) is 16.6 Å². The van der Waals surface area contributed by atoms with E-state index in [2.05, 4.69) is 41.5 Å². The van der Waals surface area contributed by atoms with E-state index in [1.807, 2.05) is 30.3 Å². The highest BCUT2D eigenvalue weighted by Crippen LogP contribution is 2.44. The van der Waals surface area contributed by atoms with Crippen molar-refractivity contribution in [3.63, 3.8) is 0 Å². The molecule has 0 fully saturated rings. The minimum atomic E-state index is -0.440. The van der Waals surface area contributed by atoms with Gasteiger partial charge in [-0.25, -0.2) is 4.79 Å². The van der Waals surface area contributed by atoms with E-state index in [1.54, 1.807) is 24.6 Å². The van der Waals surface area contributed by atoms with E-state index in [9.17, 15) is 9.59 Å². The van der Waals surface area contributed by atoms with Crippen LogP contribution in [0, 0.1) is 0 Å². The molecule has 32 heavy (non-hydrogen) atoms. The van der Waals surface area contributed by atoms with Crippen LogP contribution in [0.3, 0.4) is 0 Å². The third kappa shape index (κ3) is 4.04. The van der Waals surface area contributed by atoms with E-state index in [1.165, 1.54) is 0 Å². The molecule has 3 aromatic rings. The van der Waals surface area contributed by atoms with E-state index in [0.29, 0.717) is 22.3 Å². The van der Waals surface area contributed by atoms with Crippen LogP contribution in [-0.2, 0) is 15.6 Å². The molecule has 0 saturated heterocycles. The monoisotopic (exact) mass is 435 g/mol. The smallest absolute Gasteiger partial charge is 0.340 e. The summed E-state index contributed by atoms with van der Waals surface area (Å²) in [4.78, 5) is 25.4. The summed E-state index contributed by atoms with van der Waals surface area (Å²) in [5, 5.41) is 0. The summed E-state index contributed by atoms with van der Waals surface area (Å²) < 4.78 is 13.0. The highest BCUT2D eigenvalue weighted by atomic mass is 16.5. The van der Waals surface area contributed by atoms with Crippen molar-refractivity contribution in [2.24, 2.45) is 0 Å². The maximum Gasteiger partial charge on any atom is 0.340 e. The second kappa shape index (κ2) is 8.45. The van der Waals surface area contributed by atoms with Gasteiger partial charge < -0.3 is 13.9 Å². The first-order valence-corrected chi connectivity index (χ1v) is 10.9. The van der Waals surface area contributed by atoms with Crippen molar-refractivity contribution in [1.82, 2.24) is 4.40 Å². The average molecular weight is 436 g/mol. The lowest BCUT2D eigenvalue weighted by Gasteiger charge is -2.30. The first-order valence-electron chi connectivity index (χ1n) is 10.9. The number of carbonyl (C=O) groups is 2. The molecule has 0 aliphatic heterocycles. The molecule has 0 radical (unpaired) electrons. The molecular weight excluding hydrogens is 402 g/mol. The Morgan fingerprint density at radius 1 is 1.03 bits per heavy atom. The van der Waals surface area contributed by atoms with Crippen LogP contribution < -0.4 is 4.74 Å². The van der Waals surface area contributed by atoms with Gasteiger partial charge in [0.05, 0.1) is 30.5 Å². The molecule has 0 saturated carbocycles. The first kappa shape index (κ1) is 23.6. The summed E-state index contributed by atoms with van der Waals surface area (Å²) >= 11 is 0. The standard InChI is InChI=1S/C27H33NO4/c1-9-32-25(30)23-20-12-10-11-13-28(20)21(16-29)22(23)17-14-18(26(2,3)4)24(31-8)19(15-17)27(5,6)7/h10-16H,9H2,1-8H3. The Hall–Kier alpha value is -3.08. The topological polar surface area (TPSA) is 57.0 Å². The second-order valence-electron chi connectivity index (χ2n) is 10.0. The Bertz CT molecular complexity index is 1140. The lowest BCUT2D eigenvalue weighted by atomic mass is 9.77. The molecule has 0 atom stereocenters.